The molecule has 1 aromatic rings. The maximum absolute atomic E-state index is 6.19. The molecule has 1 unspecified atom stereocenters. The number of amidine groups is 1. The molecule has 90 valence electrons. The minimum atomic E-state index is 0.695. The summed E-state index contributed by atoms with van der Waals surface area (Å²) in [5.74, 6) is 0.899. The van der Waals surface area contributed by atoms with Crippen LogP contribution in [-0.2, 0) is 0 Å². The highest BCUT2D eigenvalue weighted by Gasteiger charge is 2.35. The Bertz CT molecular complexity index is 448. The molecule has 1 aliphatic heterocycles. The van der Waals surface area contributed by atoms with E-state index in [0.29, 0.717) is 5.25 Å². The molecule has 1 heterocycles. The molecule has 1 saturated carbocycles. The number of aliphatic imine (C=N–C) groups is 1. The Kier molecular flexibility index (Phi) is 3.05. The van der Waals surface area contributed by atoms with Crippen LogP contribution in [0.1, 0.15) is 18.4 Å². The number of halogens is 1. The summed E-state index contributed by atoms with van der Waals surface area (Å²) in [5.41, 5.74) is 2.16. The zero-order valence-electron chi connectivity index (χ0n) is 9.74. The average Bonchev–Trinajstić information content (AvgIpc) is 3.05. The van der Waals surface area contributed by atoms with Crippen LogP contribution in [0.25, 0.3) is 0 Å². The van der Waals surface area contributed by atoms with Gasteiger partial charge in [-0.05, 0) is 37.3 Å². The van der Waals surface area contributed by atoms with Gasteiger partial charge < -0.3 is 5.32 Å². The smallest absolute Gasteiger partial charge is 0.161 e. The first-order valence-corrected chi connectivity index (χ1v) is 7.23. The molecular formula is C13H15ClN2S. The maximum Gasteiger partial charge on any atom is 0.161 e. The number of nitrogens with one attached hydrogen (secondary N) is 1. The molecule has 4 heteroatoms. The first kappa shape index (κ1) is 11.4. The number of thioether (sulfide) groups is 1. The highest BCUT2D eigenvalue weighted by atomic mass is 35.5. The normalized spacial score (nSPS) is 23.6. The summed E-state index contributed by atoms with van der Waals surface area (Å²) in [4.78, 5) is 4.57. The Morgan fingerprint density at radius 1 is 1.41 bits per heavy atom. The first-order chi connectivity index (χ1) is 8.24. The van der Waals surface area contributed by atoms with Gasteiger partial charge in [0.15, 0.2) is 5.17 Å². The van der Waals surface area contributed by atoms with Crippen molar-refractivity contribution in [1.82, 2.24) is 0 Å². The predicted molar refractivity (Wildman–Crippen MR) is 76.2 cm³/mol. The molecule has 1 aliphatic carbocycles. The molecule has 1 N–H and O–H groups in total. The van der Waals surface area contributed by atoms with Gasteiger partial charge in [0.1, 0.15) is 0 Å². The number of rotatable bonds is 2. The molecule has 0 aromatic heterocycles. The Labute approximate surface area is 111 Å². The monoisotopic (exact) mass is 266 g/mol. The second-order valence-electron chi connectivity index (χ2n) is 4.70. The molecule has 1 aromatic carbocycles. The lowest BCUT2D eigenvalue weighted by Crippen LogP contribution is -2.10. The van der Waals surface area contributed by atoms with Gasteiger partial charge >= 0.3 is 0 Å². The third kappa shape index (κ3) is 2.45. The van der Waals surface area contributed by atoms with Crippen molar-refractivity contribution in [1.29, 1.82) is 0 Å². The largest absolute Gasteiger partial charge is 0.334 e. The minimum Gasteiger partial charge on any atom is -0.334 e. The molecule has 2 aliphatic rings. The fourth-order valence-corrected chi connectivity index (χ4v) is 3.55. The standard InChI is InChI=1S/C13H15ClN2S/c1-8-3-2-4-10(14)12(8)16-13-15-7-11(17-13)9-5-6-9/h2-4,9,11H,5-7H2,1H3,(H,15,16). The number of hydrogen-bond donors (Lipinski definition) is 1. The number of anilines is 1. The fourth-order valence-electron chi connectivity index (χ4n) is 2.07. The van der Waals surface area contributed by atoms with E-state index in [9.17, 15) is 0 Å². The Hall–Kier alpha value is -0.670. The average molecular weight is 267 g/mol. The molecule has 0 spiro atoms. The van der Waals surface area contributed by atoms with E-state index >= 15 is 0 Å². The lowest BCUT2D eigenvalue weighted by molar-refractivity contribution is 0.773. The van der Waals surface area contributed by atoms with E-state index in [1.807, 2.05) is 23.9 Å². The van der Waals surface area contributed by atoms with Crippen molar-refractivity contribution in [3.05, 3.63) is 28.8 Å². The van der Waals surface area contributed by atoms with E-state index in [4.69, 9.17) is 11.6 Å². The van der Waals surface area contributed by atoms with Gasteiger partial charge in [0.2, 0.25) is 0 Å². The third-order valence-corrected chi connectivity index (χ3v) is 4.89. The van der Waals surface area contributed by atoms with Crippen LogP contribution in [0.3, 0.4) is 0 Å². The van der Waals surface area contributed by atoms with Crippen LogP contribution >= 0.6 is 23.4 Å². The molecule has 3 rings (SSSR count). The van der Waals surface area contributed by atoms with Gasteiger partial charge in [0.05, 0.1) is 17.3 Å². The minimum absolute atomic E-state index is 0.695. The van der Waals surface area contributed by atoms with Gasteiger partial charge in [0.25, 0.3) is 0 Å². The number of benzene rings is 1. The van der Waals surface area contributed by atoms with Gasteiger partial charge in [-0.1, -0.05) is 35.5 Å². The highest BCUT2D eigenvalue weighted by molar-refractivity contribution is 8.15. The van der Waals surface area contributed by atoms with Crippen LogP contribution in [-0.4, -0.2) is 17.0 Å². The topological polar surface area (TPSA) is 24.4 Å². The Balaban J connectivity index is 1.71. The number of hydrogen-bond acceptors (Lipinski definition) is 3. The highest BCUT2D eigenvalue weighted by Crippen LogP contribution is 2.42. The van der Waals surface area contributed by atoms with Gasteiger partial charge in [-0.2, -0.15) is 0 Å². The van der Waals surface area contributed by atoms with Crippen LogP contribution < -0.4 is 5.32 Å². The summed E-state index contributed by atoms with van der Waals surface area (Å²) in [6.45, 7) is 3.02. The van der Waals surface area contributed by atoms with E-state index in [-0.39, 0.29) is 0 Å². The molecule has 2 nitrogen and oxygen atoms in total. The Morgan fingerprint density at radius 2 is 2.24 bits per heavy atom. The summed E-state index contributed by atoms with van der Waals surface area (Å²) < 4.78 is 0. The number of aryl methyl sites for hydroxylation is 1. The van der Waals surface area contributed by atoms with Gasteiger partial charge in [-0.3, -0.25) is 4.99 Å². The molecule has 0 amide bonds. The van der Waals surface area contributed by atoms with E-state index in [0.717, 1.165) is 33.9 Å². The summed E-state index contributed by atoms with van der Waals surface area (Å²) >= 11 is 8.07. The Morgan fingerprint density at radius 3 is 2.94 bits per heavy atom. The van der Waals surface area contributed by atoms with E-state index in [1.165, 1.54) is 12.8 Å². The lowest BCUT2D eigenvalue weighted by Gasteiger charge is -2.11. The van der Waals surface area contributed by atoms with Crippen LogP contribution in [0.2, 0.25) is 5.02 Å². The zero-order valence-corrected chi connectivity index (χ0v) is 11.3. The molecular weight excluding hydrogens is 252 g/mol. The molecule has 1 fully saturated rings. The van der Waals surface area contributed by atoms with Crippen molar-refractivity contribution in [2.45, 2.75) is 25.0 Å². The second kappa shape index (κ2) is 4.54. The van der Waals surface area contributed by atoms with E-state index in [1.54, 1.807) is 0 Å². The SMILES string of the molecule is Cc1cccc(Cl)c1NC1=NCC(C2CC2)S1. The molecule has 0 saturated heterocycles. The van der Waals surface area contributed by atoms with Crippen molar-refractivity contribution >= 4 is 34.2 Å². The predicted octanol–water partition coefficient (Wildman–Crippen LogP) is 3.94. The van der Waals surface area contributed by atoms with Crippen molar-refractivity contribution in [2.24, 2.45) is 10.9 Å². The lowest BCUT2D eigenvalue weighted by atomic mass is 10.2. The molecule has 17 heavy (non-hydrogen) atoms. The van der Waals surface area contributed by atoms with Gasteiger partial charge in [-0.15, -0.1) is 0 Å². The quantitative estimate of drug-likeness (QED) is 0.877. The summed E-state index contributed by atoms with van der Waals surface area (Å²) in [6.07, 6.45) is 2.76. The fraction of sp³-hybridized carbons (Fsp3) is 0.462. The van der Waals surface area contributed by atoms with Crippen LogP contribution in [0.15, 0.2) is 23.2 Å². The number of nitrogens with zero attached hydrogens (tertiary/aromatic N) is 1. The van der Waals surface area contributed by atoms with E-state index < -0.39 is 0 Å². The first-order valence-electron chi connectivity index (χ1n) is 5.97. The van der Waals surface area contributed by atoms with Crippen LogP contribution in [0, 0.1) is 12.8 Å². The van der Waals surface area contributed by atoms with Crippen LogP contribution in [0.4, 0.5) is 5.69 Å². The summed E-state index contributed by atoms with van der Waals surface area (Å²) in [5, 5.41) is 5.86. The van der Waals surface area contributed by atoms with Crippen molar-refractivity contribution in [3.8, 4) is 0 Å². The summed E-state index contributed by atoms with van der Waals surface area (Å²) in [7, 11) is 0. The molecule has 1 atom stereocenters. The maximum atomic E-state index is 6.19. The van der Waals surface area contributed by atoms with Gasteiger partial charge in [-0.25, -0.2) is 0 Å². The van der Waals surface area contributed by atoms with Crippen molar-refractivity contribution < 1.29 is 0 Å². The number of para-hydroxylation sites is 1. The third-order valence-electron chi connectivity index (χ3n) is 3.28. The van der Waals surface area contributed by atoms with Crippen molar-refractivity contribution in [3.63, 3.8) is 0 Å². The van der Waals surface area contributed by atoms with E-state index in [2.05, 4.69) is 23.3 Å². The summed E-state index contributed by atoms with van der Waals surface area (Å²) in [6, 6.07) is 5.95. The molecule has 0 radical (unpaired) electrons. The van der Waals surface area contributed by atoms with Gasteiger partial charge in [0, 0.05) is 5.25 Å². The molecule has 0 bridgehead atoms. The zero-order chi connectivity index (χ0) is 11.8. The second-order valence-corrected chi connectivity index (χ2v) is 6.33. The van der Waals surface area contributed by atoms with Crippen LogP contribution in [0.5, 0.6) is 0 Å². The van der Waals surface area contributed by atoms with Crippen molar-refractivity contribution in [2.75, 3.05) is 11.9 Å².